The maximum atomic E-state index is 5.50. The molecule has 4 heteroatoms. The normalized spacial score (nSPS) is 16.9. The largest absolute Gasteiger partial charge is 0.380 e. The van der Waals surface area contributed by atoms with E-state index in [9.17, 15) is 0 Å². The first-order valence-corrected chi connectivity index (χ1v) is 9.62. The van der Waals surface area contributed by atoms with Gasteiger partial charge in [0.1, 0.15) is 5.65 Å². The summed E-state index contributed by atoms with van der Waals surface area (Å²) < 4.78 is 7.82. The Labute approximate surface area is 159 Å². The number of para-hydroxylation sites is 2. The van der Waals surface area contributed by atoms with Crippen LogP contribution in [0.3, 0.4) is 0 Å². The Morgan fingerprint density at radius 3 is 2.52 bits per heavy atom. The highest BCUT2D eigenvalue weighted by molar-refractivity contribution is 5.97. The number of hydrogen-bond acceptors (Lipinski definition) is 3. The molecular weight excluding hydrogens is 334 g/mol. The molecule has 138 valence electrons. The van der Waals surface area contributed by atoms with Gasteiger partial charge in [0.25, 0.3) is 0 Å². The lowest BCUT2D eigenvalue weighted by atomic mass is 9.83. The van der Waals surface area contributed by atoms with E-state index in [1.165, 1.54) is 5.69 Å². The van der Waals surface area contributed by atoms with Gasteiger partial charge in [0.15, 0.2) is 0 Å². The fraction of sp³-hybridized carbons (Fsp3) is 0.391. The lowest BCUT2D eigenvalue weighted by Gasteiger charge is -2.38. The van der Waals surface area contributed by atoms with Gasteiger partial charge < -0.3 is 4.74 Å². The molecular formula is C23H25N3O. The van der Waals surface area contributed by atoms with E-state index in [4.69, 9.17) is 14.7 Å². The molecule has 4 aromatic rings. The Balaban J connectivity index is 1.84. The van der Waals surface area contributed by atoms with Gasteiger partial charge in [-0.1, -0.05) is 39.8 Å². The molecule has 0 amide bonds. The van der Waals surface area contributed by atoms with Gasteiger partial charge >= 0.3 is 0 Å². The minimum Gasteiger partial charge on any atom is -0.380 e. The van der Waals surface area contributed by atoms with Gasteiger partial charge in [0, 0.05) is 27.6 Å². The van der Waals surface area contributed by atoms with Crippen LogP contribution in [-0.4, -0.2) is 27.6 Å². The number of hydrogen-bond donors (Lipinski definition) is 0. The molecule has 3 aromatic heterocycles. The first-order valence-electron chi connectivity index (χ1n) is 9.62. The number of aromatic nitrogens is 3. The van der Waals surface area contributed by atoms with Gasteiger partial charge in [-0.15, -0.1) is 0 Å². The standard InChI is InChI=1S/C23H25N3O/c1-22(2,3)20-10-9-16-18(24-20)11-15(12-23(4)13-27-14-23)26-19-8-6-5-7-17(19)25-21(16)26/h5-11H,12-14H2,1-4H3. The second-order valence-electron chi connectivity index (χ2n) is 9.25. The van der Waals surface area contributed by atoms with Crippen LogP contribution in [0.5, 0.6) is 0 Å². The molecule has 5 rings (SSSR count). The maximum absolute atomic E-state index is 5.50. The summed E-state index contributed by atoms with van der Waals surface area (Å²) in [5.41, 5.74) is 6.80. The lowest BCUT2D eigenvalue weighted by molar-refractivity contribution is -0.101. The van der Waals surface area contributed by atoms with Crippen molar-refractivity contribution in [3.8, 4) is 0 Å². The van der Waals surface area contributed by atoms with Crippen molar-refractivity contribution in [3.63, 3.8) is 0 Å². The zero-order valence-electron chi connectivity index (χ0n) is 16.4. The number of ether oxygens (including phenoxy) is 1. The molecule has 1 aromatic carbocycles. The molecule has 4 nitrogen and oxygen atoms in total. The Hall–Kier alpha value is -2.46. The van der Waals surface area contributed by atoms with Crippen LogP contribution in [0.2, 0.25) is 0 Å². The first-order chi connectivity index (χ1) is 12.8. The van der Waals surface area contributed by atoms with Crippen LogP contribution < -0.4 is 0 Å². The third-order valence-electron chi connectivity index (χ3n) is 5.59. The molecule has 1 aliphatic rings. The van der Waals surface area contributed by atoms with Crippen molar-refractivity contribution in [2.75, 3.05) is 13.2 Å². The summed E-state index contributed by atoms with van der Waals surface area (Å²) in [7, 11) is 0. The Bertz CT molecular complexity index is 1180. The van der Waals surface area contributed by atoms with Crippen LogP contribution in [0.15, 0.2) is 42.5 Å². The highest BCUT2D eigenvalue weighted by Gasteiger charge is 2.34. The van der Waals surface area contributed by atoms with Gasteiger partial charge in [-0.05, 0) is 36.8 Å². The second kappa shape index (κ2) is 5.52. The van der Waals surface area contributed by atoms with E-state index in [2.05, 4.69) is 68.5 Å². The van der Waals surface area contributed by atoms with Crippen LogP contribution in [0.4, 0.5) is 0 Å². The number of nitrogens with zero attached hydrogens (tertiary/aromatic N) is 3. The first kappa shape index (κ1) is 16.7. The van der Waals surface area contributed by atoms with Crippen molar-refractivity contribution < 1.29 is 4.74 Å². The summed E-state index contributed by atoms with van der Waals surface area (Å²) in [6, 6.07) is 15.0. The Kier molecular flexibility index (Phi) is 3.41. The SMILES string of the molecule is CC1(Cc2cc3nc(C(C)(C)C)ccc3c3nc4ccccc4n23)COC1. The molecule has 0 bridgehead atoms. The Morgan fingerprint density at radius 2 is 1.81 bits per heavy atom. The fourth-order valence-electron chi connectivity index (χ4n) is 4.03. The summed E-state index contributed by atoms with van der Waals surface area (Å²) >= 11 is 0. The van der Waals surface area contributed by atoms with Crippen molar-refractivity contribution in [3.05, 3.63) is 53.9 Å². The zero-order valence-corrected chi connectivity index (χ0v) is 16.4. The third-order valence-corrected chi connectivity index (χ3v) is 5.59. The average molecular weight is 359 g/mol. The van der Waals surface area contributed by atoms with Gasteiger partial charge in [0.05, 0.1) is 29.8 Å². The molecule has 0 saturated carbocycles. The topological polar surface area (TPSA) is 39.4 Å². The van der Waals surface area contributed by atoms with Gasteiger partial charge in [-0.25, -0.2) is 4.98 Å². The molecule has 4 heterocycles. The van der Waals surface area contributed by atoms with Gasteiger partial charge in [-0.2, -0.15) is 0 Å². The summed E-state index contributed by atoms with van der Waals surface area (Å²) in [4.78, 5) is 9.98. The number of pyridine rings is 2. The van der Waals surface area contributed by atoms with Crippen LogP contribution in [0.25, 0.3) is 27.6 Å². The average Bonchev–Trinajstić information content (AvgIpc) is 2.99. The molecule has 0 atom stereocenters. The van der Waals surface area contributed by atoms with Crippen molar-refractivity contribution in [2.24, 2.45) is 5.41 Å². The molecule has 1 saturated heterocycles. The van der Waals surface area contributed by atoms with Crippen molar-refractivity contribution >= 4 is 27.6 Å². The van der Waals surface area contributed by atoms with E-state index in [0.29, 0.717) is 0 Å². The highest BCUT2D eigenvalue weighted by atomic mass is 16.5. The van der Waals surface area contributed by atoms with Crippen LogP contribution in [-0.2, 0) is 16.6 Å². The quantitative estimate of drug-likeness (QED) is 0.510. The smallest absolute Gasteiger partial charge is 0.147 e. The van der Waals surface area contributed by atoms with Crippen molar-refractivity contribution in [2.45, 2.75) is 39.5 Å². The summed E-state index contributed by atoms with van der Waals surface area (Å²) in [6.07, 6.45) is 0.960. The van der Waals surface area contributed by atoms with Crippen molar-refractivity contribution in [1.82, 2.24) is 14.4 Å². The van der Waals surface area contributed by atoms with E-state index in [0.717, 1.165) is 52.9 Å². The molecule has 1 fully saturated rings. The summed E-state index contributed by atoms with van der Waals surface area (Å²) in [5.74, 6) is 0. The van der Waals surface area contributed by atoms with E-state index < -0.39 is 0 Å². The molecule has 1 aliphatic heterocycles. The number of rotatable bonds is 2. The van der Waals surface area contributed by atoms with Gasteiger partial charge in [-0.3, -0.25) is 9.38 Å². The van der Waals surface area contributed by atoms with Crippen molar-refractivity contribution in [1.29, 1.82) is 0 Å². The molecule has 0 spiro atoms. The summed E-state index contributed by atoms with van der Waals surface area (Å²) in [6.45, 7) is 10.5. The van der Waals surface area contributed by atoms with E-state index in [-0.39, 0.29) is 10.8 Å². The minimum absolute atomic E-state index is 0.0222. The Morgan fingerprint density at radius 1 is 1.04 bits per heavy atom. The van der Waals surface area contributed by atoms with E-state index >= 15 is 0 Å². The third kappa shape index (κ3) is 2.62. The summed E-state index contributed by atoms with van der Waals surface area (Å²) in [5, 5.41) is 1.11. The van der Waals surface area contributed by atoms with Crippen LogP contribution in [0.1, 0.15) is 39.1 Å². The van der Waals surface area contributed by atoms with Crippen LogP contribution >= 0.6 is 0 Å². The van der Waals surface area contributed by atoms with E-state index in [1.54, 1.807) is 0 Å². The number of imidazole rings is 1. The van der Waals surface area contributed by atoms with E-state index in [1.807, 2.05) is 6.07 Å². The molecule has 0 radical (unpaired) electrons. The molecule has 0 N–H and O–H groups in total. The predicted molar refractivity (Wildman–Crippen MR) is 109 cm³/mol. The lowest BCUT2D eigenvalue weighted by Crippen LogP contribution is -2.41. The van der Waals surface area contributed by atoms with Crippen LogP contribution in [0, 0.1) is 5.41 Å². The molecule has 0 aliphatic carbocycles. The maximum Gasteiger partial charge on any atom is 0.147 e. The zero-order chi connectivity index (χ0) is 18.8. The second-order valence-corrected chi connectivity index (χ2v) is 9.25. The molecule has 27 heavy (non-hydrogen) atoms. The highest BCUT2D eigenvalue weighted by Crippen LogP contribution is 2.34. The van der Waals surface area contributed by atoms with Gasteiger partial charge in [0.2, 0.25) is 0 Å². The monoisotopic (exact) mass is 359 g/mol. The number of fused-ring (bicyclic) bond motifs is 5. The minimum atomic E-state index is 0.0222. The molecule has 0 unspecified atom stereocenters. The fourth-order valence-corrected chi connectivity index (χ4v) is 4.03. The number of benzene rings is 1. The predicted octanol–water partition coefficient (Wildman–Crippen LogP) is 4.91.